The van der Waals surface area contributed by atoms with Crippen LogP contribution in [0.15, 0.2) is 55.2 Å². The highest BCUT2D eigenvalue weighted by atomic mass is 19.1. The van der Waals surface area contributed by atoms with Crippen molar-refractivity contribution in [2.75, 3.05) is 16.8 Å². The fourth-order valence-corrected chi connectivity index (χ4v) is 3.57. The van der Waals surface area contributed by atoms with Crippen LogP contribution in [0.2, 0.25) is 0 Å². The summed E-state index contributed by atoms with van der Waals surface area (Å²) in [4.78, 5) is 19.0. The van der Waals surface area contributed by atoms with Crippen molar-refractivity contribution in [1.82, 2.24) is 19.9 Å². The highest BCUT2D eigenvalue weighted by Crippen LogP contribution is 2.29. The van der Waals surface area contributed by atoms with Crippen LogP contribution in [0.4, 0.5) is 26.0 Å². The van der Waals surface area contributed by atoms with Gasteiger partial charge in [-0.2, -0.15) is 0 Å². The Morgan fingerprint density at radius 1 is 1.00 bits per heavy atom. The van der Waals surface area contributed by atoms with Gasteiger partial charge in [0.15, 0.2) is 5.82 Å². The largest absolute Gasteiger partial charge is 0.352 e. The number of nitrogens with zero attached hydrogens (tertiary/aromatic N) is 5. The van der Waals surface area contributed by atoms with E-state index in [2.05, 4.69) is 30.2 Å². The smallest absolute Gasteiger partial charge is 0.164 e. The third-order valence-electron chi connectivity index (χ3n) is 4.97. The van der Waals surface area contributed by atoms with Gasteiger partial charge in [0.1, 0.15) is 18.0 Å². The maximum Gasteiger partial charge on any atom is 0.164 e. The van der Waals surface area contributed by atoms with Crippen LogP contribution in [-0.2, 0) is 13.0 Å². The summed E-state index contributed by atoms with van der Waals surface area (Å²) in [5, 5.41) is 3.72. The van der Waals surface area contributed by atoms with Gasteiger partial charge in [-0.3, -0.25) is 9.97 Å². The SMILES string of the molecule is Fc1ccc2ncnc(N3CCc4ncc(Nc5ccncc5F)cc4C3)c2c1. The molecule has 0 aliphatic carbocycles. The topological polar surface area (TPSA) is 66.8 Å². The lowest BCUT2D eigenvalue weighted by Crippen LogP contribution is -2.31. The number of nitrogens with one attached hydrogen (secondary N) is 1. The third kappa shape index (κ3) is 3.33. The Kier molecular flexibility index (Phi) is 4.23. The van der Waals surface area contributed by atoms with Crippen molar-refractivity contribution in [1.29, 1.82) is 0 Å². The molecule has 0 amide bonds. The molecule has 0 saturated heterocycles. The molecule has 1 aliphatic heterocycles. The minimum Gasteiger partial charge on any atom is -0.352 e. The molecule has 4 aromatic rings. The van der Waals surface area contributed by atoms with Gasteiger partial charge in [-0.05, 0) is 35.9 Å². The van der Waals surface area contributed by atoms with E-state index in [1.807, 2.05) is 6.07 Å². The van der Waals surface area contributed by atoms with Crippen LogP contribution in [0.3, 0.4) is 0 Å². The molecule has 1 aromatic carbocycles. The van der Waals surface area contributed by atoms with E-state index in [4.69, 9.17) is 0 Å². The van der Waals surface area contributed by atoms with Crippen molar-refractivity contribution in [2.24, 2.45) is 0 Å². The van der Waals surface area contributed by atoms with Crippen LogP contribution in [0.25, 0.3) is 10.9 Å². The third-order valence-corrected chi connectivity index (χ3v) is 4.97. The summed E-state index contributed by atoms with van der Waals surface area (Å²) in [5.41, 5.74) is 3.73. The lowest BCUT2D eigenvalue weighted by molar-refractivity contribution is 0.625. The number of aromatic nitrogens is 4. The number of fused-ring (bicyclic) bond motifs is 2. The van der Waals surface area contributed by atoms with E-state index < -0.39 is 5.82 Å². The number of halogens is 2. The molecule has 1 aliphatic rings. The van der Waals surface area contributed by atoms with Crippen LogP contribution < -0.4 is 10.2 Å². The second-order valence-corrected chi connectivity index (χ2v) is 6.84. The molecular formula is C21H16F2N6. The van der Waals surface area contributed by atoms with Crippen LogP contribution in [0.1, 0.15) is 11.3 Å². The second-order valence-electron chi connectivity index (χ2n) is 6.84. The van der Waals surface area contributed by atoms with Gasteiger partial charge in [0.25, 0.3) is 0 Å². The molecule has 0 unspecified atom stereocenters. The summed E-state index contributed by atoms with van der Waals surface area (Å²) in [7, 11) is 0. The molecule has 0 radical (unpaired) electrons. The summed E-state index contributed by atoms with van der Waals surface area (Å²) in [6.07, 6.45) is 6.62. The molecule has 6 nitrogen and oxygen atoms in total. The van der Waals surface area contributed by atoms with Crippen molar-refractivity contribution < 1.29 is 8.78 Å². The molecule has 5 rings (SSSR count). The predicted octanol–water partition coefficient (Wildman–Crippen LogP) is 4.00. The second kappa shape index (κ2) is 7.05. The van der Waals surface area contributed by atoms with Gasteiger partial charge >= 0.3 is 0 Å². The lowest BCUT2D eigenvalue weighted by Gasteiger charge is -2.30. The van der Waals surface area contributed by atoms with E-state index in [0.29, 0.717) is 41.2 Å². The highest BCUT2D eigenvalue weighted by molar-refractivity contribution is 5.89. The van der Waals surface area contributed by atoms with Crippen molar-refractivity contribution in [2.45, 2.75) is 13.0 Å². The molecule has 0 spiro atoms. The van der Waals surface area contributed by atoms with E-state index >= 15 is 0 Å². The number of hydrogen-bond donors (Lipinski definition) is 1. The standard InChI is InChI=1S/C21H16F2N6/c22-14-1-2-19-16(8-14)21(27-12-26-19)29-6-4-18-13(11-29)7-15(9-25-18)28-20-3-5-24-10-17(20)23/h1-3,5,7-10,12H,4,6,11H2,(H,24,28). The first-order chi connectivity index (χ1) is 14.2. The molecular weight excluding hydrogens is 374 g/mol. The zero-order chi connectivity index (χ0) is 19.8. The average Bonchev–Trinajstić information content (AvgIpc) is 2.74. The minimum absolute atomic E-state index is 0.321. The summed E-state index contributed by atoms with van der Waals surface area (Å²) >= 11 is 0. The number of hydrogen-bond acceptors (Lipinski definition) is 6. The molecule has 3 aromatic heterocycles. The average molecular weight is 390 g/mol. The molecule has 0 bridgehead atoms. The number of benzene rings is 1. The van der Waals surface area contributed by atoms with E-state index in [1.165, 1.54) is 24.7 Å². The molecule has 0 atom stereocenters. The molecule has 0 fully saturated rings. The van der Waals surface area contributed by atoms with Crippen molar-refractivity contribution >= 4 is 28.1 Å². The zero-order valence-corrected chi connectivity index (χ0v) is 15.3. The van der Waals surface area contributed by atoms with Crippen LogP contribution in [-0.4, -0.2) is 26.5 Å². The summed E-state index contributed by atoms with van der Waals surface area (Å²) in [6, 6.07) is 8.04. The van der Waals surface area contributed by atoms with E-state index in [1.54, 1.807) is 18.3 Å². The summed E-state index contributed by atoms with van der Waals surface area (Å²) in [6.45, 7) is 1.29. The molecule has 4 heterocycles. The van der Waals surface area contributed by atoms with Crippen LogP contribution >= 0.6 is 0 Å². The monoisotopic (exact) mass is 390 g/mol. The summed E-state index contributed by atoms with van der Waals surface area (Å²) < 4.78 is 27.7. The minimum atomic E-state index is -0.429. The van der Waals surface area contributed by atoms with E-state index in [0.717, 1.165) is 23.9 Å². The van der Waals surface area contributed by atoms with Gasteiger partial charge < -0.3 is 10.2 Å². The molecule has 29 heavy (non-hydrogen) atoms. The Morgan fingerprint density at radius 2 is 1.93 bits per heavy atom. The summed E-state index contributed by atoms with van der Waals surface area (Å²) in [5.74, 6) is -0.0569. The molecule has 1 N–H and O–H groups in total. The quantitative estimate of drug-likeness (QED) is 0.570. The van der Waals surface area contributed by atoms with Crippen molar-refractivity contribution in [3.63, 3.8) is 0 Å². The Balaban J connectivity index is 1.46. The van der Waals surface area contributed by atoms with Gasteiger partial charge in [0.05, 0.1) is 29.3 Å². The zero-order valence-electron chi connectivity index (χ0n) is 15.3. The molecule has 144 valence electrons. The molecule has 8 heteroatoms. The fraction of sp³-hybridized carbons (Fsp3) is 0.143. The van der Waals surface area contributed by atoms with Gasteiger partial charge in [-0.25, -0.2) is 18.7 Å². The highest BCUT2D eigenvalue weighted by Gasteiger charge is 2.21. The number of anilines is 3. The van der Waals surface area contributed by atoms with Crippen LogP contribution in [0, 0.1) is 11.6 Å². The Morgan fingerprint density at radius 3 is 2.83 bits per heavy atom. The number of pyridine rings is 2. The van der Waals surface area contributed by atoms with Crippen molar-refractivity contribution in [3.05, 3.63) is 78.1 Å². The first-order valence-corrected chi connectivity index (χ1v) is 9.17. The Labute approximate surface area is 165 Å². The van der Waals surface area contributed by atoms with Gasteiger partial charge in [0.2, 0.25) is 0 Å². The van der Waals surface area contributed by atoms with E-state index in [9.17, 15) is 8.78 Å². The van der Waals surface area contributed by atoms with Gasteiger partial charge in [-0.15, -0.1) is 0 Å². The van der Waals surface area contributed by atoms with E-state index in [-0.39, 0.29) is 5.82 Å². The maximum absolute atomic E-state index is 13.9. The predicted molar refractivity (Wildman–Crippen MR) is 106 cm³/mol. The lowest BCUT2D eigenvalue weighted by atomic mass is 10.0. The Hall–Kier alpha value is -3.68. The van der Waals surface area contributed by atoms with Gasteiger partial charge in [-0.1, -0.05) is 0 Å². The number of rotatable bonds is 3. The first kappa shape index (κ1) is 17.4. The maximum atomic E-state index is 13.9. The van der Waals surface area contributed by atoms with Crippen LogP contribution in [0.5, 0.6) is 0 Å². The Bertz CT molecular complexity index is 1210. The van der Waals surface area contributed by atoms with Gasteiger partial charge in [0, 0.05) is 36.8 Å². The normalized spacial score (nSPS) is 13.4. The first-order valence-electron chi connectivity index (χ1n) is 9.17. The fourth-order valence-electron chi connectivity index (χ4n) is 3.57. The molecule has 0 saturated carbocycles. The van der Waals surface area contributed by atoms with Crippen molar-refractivity contribution in [3.8, 4) is 0 Å².